The van der Waals surface area contributed by atoms with Crippen molar-refractivity contribution < 1.29 is 4.74 Å². The molecule has 0 fully saturated rings. The predicted molar refractivity (Wildman–Crippen MR) is 99.4 cm³/mol. The number of guanidine groups is 1. The van der Waals surface area contributed by atoms with Crippen LogP contribution >= 0.6 is 0 Å². The quantitative estimate of drug-likeness (QED) is 0.561. The lowest BCUT2D eigenvalue weighted by Gasteiger charge is -2.30. The van der Waals surface area contributed by atoms with E-state index in [0.717, 1.165) is 35.8 Å². The first-order valence-corrected chi connectivity index (χ1v) is 8.35. The average Bonchev–Trinajstić information content (AvgIpc) is 2.95. The van der Waals surface area contributed by atoms with E-state index < -0.39 is 0 Å². The van der Waals surface area contributed by atoms with Crippen molar-refractivity contribution in [3.8, 4) is 0 Å². The number of hydrogen-bond acceptors (Lipinski definition) is 3. The summed E-state index contributed by atoms with van der Waals surface area (Å²) < 4.78 is 5.56. The molecule has 1 heterocycles. The van der Waals surface area contributed by atoms with Crippen molar-refractivity contribution in [3.05, 3.63) is 30.1 Å². The van der Waals surface area contributed by atoms with Crippen molar-refractivity contribution >= 4 is 17.0 Å². The van der Waals surface area contributed by atoms with E-state index in [1.165, 1.54) is 0 Å². The van der Waals surface area contributed by atoms with Crippen molar-refractivity contribution in [2.45, 2.75) is 33.3 Å². The van der Waals surface area contributed by atoms with Crippen molar-refractivity contribution in [2.75, 3.05) is 27.2 Å². The van der Waals surface area contributed by atoms with Crippen LogP contribution in [-0.4, -0.2) is 49.3 Å². The standard InChI is InChI=1S/C18H29N5O/c1-18(2,3)15(24-5)12-21-17(19-4)20-11-10-16-22-13-8-6-7-9-14(13)23-16/h6-9,15H,10-12H2,1-5H3,(H,22,23)(H2,19,20,21). The number of hydrogen-bond donors (Lipinski definition) is 3. The predicted octanol–water partition coefficient (Wildman–Crippen LogP) is 2.33. The Bertz CT molecular complexity index is 638. The van der Waals surface area contributed by atoms with Crippen molar-refractivity contribution in [1.29, 1.82) is 0 Å². The highest BCUT2D eigenvalue weighted by molar-refractivity contribution is 5.79. The maximum atomic E-state index is 5.56. The van der Waals surface area contributed by atoms with E-state index in [0.29, 0.717) is 6.54 Å². The zero-order valence-electron chi connectivity index (χ0n) is 15.3. The number of aliphatic imine (C=N–C) groups is 1. The number of ether oxygens (including phenoxy) is 1. The van der Waals surface area contributed by atoms with Crippen LogP contribution in [0.5, 0.6) is 0 Å². The van der Waals surface area contributed by atoms with Crippen LogP contribution in [0, 0.1) is 5.41 Å². The zero-order chi connectivity index (χ0) is 17.6. The van der Waals surface area contributed by atoms with Gasteiger partial charge in [0.25, 0.3) is 0 Å². The normalized spacial score (nSPS) is 14.0. The van der Waals surface area contributed by atoms with Gasteiger partial charge in [-0.1, -0.05) is 32.9 Å². The molecule has 3 N–H and O–H groups in total. The monoisotopic (exact) mass is 331 g/mol. The molecule has 1 atom stereocenters. The maximum Gasteiger partial charge on any atom is 0.191 e. The zero-order valence-corrected chi connectivity index (χ0v) is 15.3. The molecule has 0 saturated carbocycles. The minimum absolute atomic E-state index is 0.0783. The van der Waals surface area contributed by atoms with Crippen LogP contribution in [0.15, 0.2) is 29.3 Å². The molecule has 0 saturated heterocycles. The number of para-hydroxylation sites is 2. The summed E-state index contributed by atoms with van der Waals surface area (Å²) in [4.78, 5) is 12.2. The molecule has 1 unspecified atom stereocenters. The molecule has 2 aromatic rings. The van der Waals surface area contributed by atoms with Gasteiger partial charge >= 0.3 is 0 Å². The van der Waals surface area contributed by atoms with Gasteiger partial charge in [0.2, 0.25) is 0 Å². The summed E-state index contributed by atoms with van der Waals surface area (Å²) in [5.41, 5.74) is 2.15. The van der Waals surface area contributed by atoms with Gasteiger partial charge in [-0.25, -0.2) is 4.98 Å². The van der Waals surface area contributed by atoms with Gasteiger partial charge in [-0.15, -0.1) is 0 Å². The first-order valence-electron chi connectivity index (χ1n) is 8.35. The highest BCUT2D eigenvalue weighted by Gasteiger charge is 2.24. The first-order chi connectivity index (χ1) is 11.4. The van der Waals surface area contributed by atoms with E-state index in [-0.39, 0.29) is 11.5 Å². The molecule has 0 spiro atoms. The number of fused-ring (bicyclic) bond motifs is 1. The smallest absolute Gasteiger partial charge is 0.191 e. The number of aromatic nitrogens is 2. The fourth-order valence-corrected chi connectivity index (χ4v) is 2.58. The van der Waals surface area contributed by atoms with E-state index in [9.17, 15) is 0 Å². The third kappa shape index (κ3) is 4.96. The largest absolute Gasteiger partial charge is 0.379 e. The molecule has 6 heteroatoms. The summed E-state index contributed by atoms with van der Waals surface area (Å²) in [6.45, 7) is 7.97. The second-order valence-corrected chi connectivity index (χ2v) is 6.92. The lowest BCUT2D eigenvalue weighted by atomic mass is 9.89. The van der Waals surface area contributed by atoms with Crippen LogP contribution in [0.4, 0.5) is 0 Å². The van der Waals surface area contributed by atoms with Crippen LogP contribution < -0.4 is 10.6 Å². The van der Waals surface area contributed by atoms with Gasteiger partial charge in [-0.05, 0) is 17.5 Å². The molecule has 6 nitrogen and oxygen atoms in total. The fraction of sp³-hybridized carbons (Fsp3) is 0.556. The molecule has 0 aliphatic carbocycles. The molecular weight excluding hydrogens is 302 g/mol. The van der Waals surface area contributed by atoms with Crippen molar-refractivity contribution in [3.63, 3.8) is 0 Å². The van der Waals surface area contributed by atoms with Gasteiger partial charge in [0.1, 0.15) is 5.82 Å². The number of benzene rings is 1. The number of methoxy groups -OCH3 is 1. The maximum absolute atomic E-state index is 5.56. The molecule has 0 aliphatic rings. The molecule has 2 rings (SSSR count). The molecule has 0 radical (unpaired) electrons. The number of aromatic amines is 1. The lowest BCUT2D eigenvalue weighted by Crippen LogP contribution is -2.45. The van der Waals surface area contributed by atoms with Crippen LogP contribution in [0.25, 0.3) is 11.0 Å². The van der Waals surface area contributed by atoms with Gasteiger partial charge in [-0.2, -0.15) is 0 Å². The van der Waals surface area contributed by atoms with E-state index >= 15 is 0 Å². The number of nitrogens with one attached hydrogen (secondary N) is 3. The number of H-pyrrole nitrogens is 1. The van der Waals surface area contributed by atoms with Crippen LogP contribution in [0.3, 0.4) is 0 Å². The minimum Gasteiger partial charge on any atom is -0.379 e. The molecule has 1 aromatic heterocycles. The van der Waals surface area contributed by atoms with E-state index in [1.807, 2.05) is 24.3 Å². The minimum atomic E-state index is 0.0783. The van der Waals surface area contributed by atoms with Crippen LogP contribution in [-0.2, 0) is 11.2 Å². The average molecular weight is 331 g/mol. The molecule has 0 aliphatic heterocycles. The Morgan fingerprint density at radius 3 is 2.67 bits per heavy atom. The Morgan fingerprint density at radius 2 is 2.04 bits per heavy atom. The SMILES string of the molecule is CN=C(NCCc1nc2ccccc2[nH]1)NCC(OC)C(C)(C)C. The van der Waals surface area contributed by atoms with Gasteiger partial charge in [0.05, 0.1) is 17.1 Å². The Labute approximate surface area is 144 Å². The van der Waals surface area contributed by atoms with E-state index in [4.69, 9.17) is 4.74 Å². The Hall–Kier alpha value is -2.08. The van der Waals surface area contributed by atoms with Crippen LogP contribution in [0.2, 0.25) is 0 Å². The lowest BCUT2D eigenvalue weighted by molar-refractivity contribution is 0.0205. The Morgan fingerprint density at radius 1 is 1.29 bits per heavy atom. The van der Waals surface area contributed by atoms with E-state index in [1.54, 1.807) is 14.2 Å². The summed E-state index contributed by atoms with van der Waals surface area (Å²) in [5.74, 6) is 1.75. The summed E-state index contributed by atoms with van der Waals surface area (Å²) >= 11 is 0. The molecule has 0 amide bonds. The van der Waals surface area contributed by atoms with Gasteiger partial charge in [-0.3, -0.25) is 4.99 Å². The number of nitrogens with zero attached hydrogens (tertiary/aromatic N) is 2. The summed E-state index contributed by atoms with van der Waals surface area (Å²) in [6, 6.07) is 8.06. The topological polar surface area (TPSA) is 74.3 Å². The second-order valence-electron chi connectivity index (χ2n) is 6.92. The summed E-state index contributed by atoms with van der Waals surface area (Å²) in [7, 11) is 3.52. The second kappa shape index (κ2) is 8.15. The first kappa shape index (κ1) is 18.3. The van der Waals surface area contributed by atoms with Gasteiger partial charge in [0.15, 0.2) is 5.96 Å². The van der Waals surface area contributed by atoms with Crippen LogP contribution in [0.1, 0.15) is 26.6 Å². The molecule has 132 valence electrons. The Balaban J connectivity index is 1.81. The Kier molecular flexibility index (Phi) is 6.20. The highest BCUT2D eigenvalue weighted by atomic mass is 16.5. The number of imidazole rings is 1. The summed E-state index contributed by atoms with van der Waals surface area (Å²) in [6.07, 6.45) is 0.925. The highest BCUT2D eigenvalue weighted by Crippen LogP contribution is 2.20. The van der Waals surface area contributed by atoms with Crippen molar-refractivity contribution in [1.82, 2.24) is 20.6 Å². The summed E-state index contributed by atoms with van der Waals surface area (Å²) in [5, 5.41) is 6.64. The van der Waals surface area contributed by atoms with Crippen molar-refractivity contribution in [2.24, 2.45) is 10.4 Å². The number of rotatable bonds is 6. The van der Waals surface area contributed by atoms with Gasteiger partial charge in [0, 0.05) is 33.7 Å². The van der Waals surface area contributed by atoms with Gasteiger partial charge < -0.3 is 20.4 Å². The van der Waals surface area contributed by atoms with E-state index in [2.05, 4.69) is 46.4 Å². The molecular formula is C18H29N5O. The fourth-order valence-electron chi connectivity index (χ4n) is 2.58. The third-order valence-corrected chi connectivity index (χ3v) is 4.02. The molecule has 1 aromatic carbocycles. The molecule has 0 bridgehead atoms. The molecule has 24 heavy (non-hydrogen) atoms. The third-order valence-electron chi connectivity index (χ3n) is 4.02.